The molecule has 0 saturated carbocycles. The van der Waals surface area contributed by atoms with Gasteiger partial charge in [-0.25, -0.2) is 0 Å². The molecule has 0 heterocycles. The lowest BCUT2D eigenvalue weighted by atomic mass is 10.1. The molecule has 2 aromatic rings. The molecule has 0 spiro atoms. The summed E-state index contributed by atoms with van der Waals surface area (Å²) < 4.78 is 0. The number of carbonyl (C=O) groups excluding carboxylic acids is 1. The van der Waals surface area contributed by atoms with Crippen LogP contribution in [0, 0.1) is 0 Å². The van der Waals surface area contributed by atoms with E-state index in [-0.39, 0.29) is 5.91 Å². The van der Waals surface area contributed by atoms with Crippen molar-refractivity contribution < 1.29 is 4.79 Å². The predicted molar refractivity (Wildman–Crippen MR) is 113 cm³/mol. The minimum Gasteiger partial charge on any atom is -0.356 e. The van der Waals surface area contributed by atoms with E-state index < -0.39 is 0 Å². The lowest BCUT2D eigenvalue weighted by Gasteiger charge is -2.22. The Morgan fingerprint density at radius 3 is 2.56 bits per heavy atom. The Morgan fingerprint density at radius 1 is 1.11 bits per heavy atom. The molecule has 1 amide bonds. The molecule has 2 aromatic carbocycles. The maximum atomic E-state index is 11.7. The monoisotopic (exact) mass is 406 g/mol. The molecule has 0 atom stereocenters. The van der Waals surface area contributed by atoms with Crippen LogP contribution in [0.15, 0.2) is 47.5 Å². The first-order valence-electron chi connectivity index (χ1n) is 8.61. The van der Waals surface area contributed by atoms with Crippen molar-refractivity contribution in [3.63, 3.8) is 0 Å². The highest BCUT2D eigenvalue weighted by Gasteiger charge is 2.08. The zero-order chi connectivity index (χ0) is 19.8. The van der Waals surface area contributed by atoms with Gasteiger partial charge in [0.15, 0.2) is 5.96 Å². The molecule has 27 heavy (non-hydrogen) atoms. The summed E-state index contributed by atoms with van der Waals surface area (Å²) in [5.41, 5.74) is 2.80. The van der Waals surface area contributed by atoms with E-state index in [0.29, 0.717) is 28.7 Å². The number of rotatable bonds is 6. The van der Waals surface area contributed by atoms with E-state index >= 15 is 0 Å². The zero-order valence-electron chi connectivity index (χ0n) is 15.7. The number of nitrogens with zero attached hydrogens (tertiary/aromatic N) is 2. The fraction of sp³-hybridized carbons (Fsp3) is 0.300. The number of guanidine groups is 1. The summed E-state index contributed by atoms with van der Waals surface area (Å²) in [5.74, 6) is 0.700. The van der Waals surface area contributed by atoms with E-state index in [2.05, 4.69) is 15.6 Å². The van der Waals surface area contributed by atoms with Gasteiger partial charge in [-0.05, 0) is 41.8 Å². The van der Waals surface area contributed by atoms with E-state index in [1.807, 2.05) is 42.3 Å². The van der Waals surface area contributed by atoms with Gasteiger partial charge in [-0.3, -0.25) is 9.79 Å². The molecule has 0 radical (unpaired) electrons. The summed E-state index contributed by atoms with van der Waals surface area (Å²) in [6, 6.07) is 13.2. The third kappa shape index (κ3) is 6.15. The van der Waals surface area contributed by atoms with Gasteiger partial charge in [0.25, 0.3) is 5.91 Å². The minimum absolute atomic E-state index is 0.0815. The Labute approximate surface area is 170 Å². The van der Waals surface area contributed by atoms with Gasteiger partial charge in [0.05, 0.1) is 10.0 Å². The van der Waals surface area contributed by atoms with Crippen molar-refractivity contribution in [1.29, 1.82) is 0 Å². The number of hydrogen-bond acceptors (Lipinski definition) is 2. The molecule has 2 N–H and O–H groups in total. The van der Waals surface area contributed by atoms with Gasteiger partial charge < -0.3 is 15.5 Å². The second-order valence-electron chi connectivity index (χ2n) is 6.11. The summed E-state index contributed by atoms with van der Waals surface area (Å²) >= 11 is 12.0. The first-order valence-corrected chi connectivity index (χ1v) is 9.37. The molecule has 5 nitrogen and oxygen atoms in total. The van der Waals surface area contributed by atoms with E-state index in [1.54, 1.807) is 26.2 Å². The second kappa shape index (κ2) is 10.2. The molecule has 0 aliphatic carbocycles. The number of amides is 1. The number of hydrogen-bond donors (Lipinski definition) is 2. The number of benzene rings is 2. The number of aliphatic imine (C=N–C) groups is 1. The van der Waals surface area contributed by atoms with Crippen molar-refractivity contribution in [3.8, 4) is 0 Å². The fourth-order valence-electron chi connectivity index (χ4n) is 2.70. The van der Waals surface area contributed by atoms with Crippen molar-refractivity contribution in [3.05, 3.63) is 69.2 Å². The van der Waals surface area contributed by atoms with E-state index in [1.165, 1.54) is 0 Å². The third-order valence-electron chi connectivity index (χ3n) is 4.09. The average molecular weight is 407 g/mol. The number of nitrogens with one attached hydrogen (secondary N) is 2. The first-order chi connectivity index (χ1) is 12.9. The summed E-state index contributed by atoms with van der Waals surface area (Å²) in [6.07, 6.45) is 0.782. The van der Waals surface area contributed by atoms with Crippen LogP contribution in [-0.2, 0) is 13.0 Å². The molecule has 0 aromatic heterocycles. The molecule has 0 unspecified atom stereocenters. The van der Waals surface area contributed by atoms with Crippen LogP contribution in [0.5, 0.6) is 0 Å². The number of carbonyl (C=O) groups is 1. The Kier molecular flexibility index (Phi) is 7.95. The van der Waals surface area contributed by atoms with Gasteiger partial charge in [-0.1, -0.05) is 41.4 Å². The maximum Gasteiger partial charge on any atom is 0.251 e. The Hall–Kier alpha value is -2.24. The minimum atomic E-state index is -0.0815. The van der Waals surface area contributed by atoms with Crippen LogP contribution < -0.4 is 10.6 Å². The zero-order valence-corrected chi connectivity index (χ0v) is 17.2. The summed E-state index contributed by atoms with van der Waals surface area (Å²) in [4.78, 5) is 18.1. The largest absolute Gasteiger partial charge is 0.356 e. The topological polar surface area (TPSA) is 56.7 Å². The van der Waals surface area contributed by atoms with Gasteiger partial charge in [0.1, 0.15) is 0 Å². The van der Waals surface area contributed by atoms with Crippen LogP contribution in [0.1, 0.15) is 21.5 Å². The Morgan fingerprint density at radius 2 is 1.89 bits per heavy atom. The standard InChI is InChI=1S/C20H24Cl2N4O/c1-23-19(27)16-6-4-5-14(11-16)9-10-25-20(24-2)26(3)13-15-7-8-17(21)18(22)12-15/h4-8,11-12H,9-10,13H2,1-3H3,(H,23,27)(H,24,25). The van der Waals surface area contributed by atoms with Crippen molar-refractivity contribution in [2.75, 3.05) is 27.7 Å². The maximum absolute atomic E-state index is 11.7. The fourth-order valence-corrected chi connectivity index (χ4v) is 3.02. The summed E-state index contributed by atoms with van der Waals surface area (Å²) in [5, 5.41) is 7.07. The van der Waals surface area contributed by atoms with Gasteiger partial charge in [0, 0.05) is 39.8 Å². The highest BCUT2D eigenvalue weighted by molar-refractivity contribution is 6.42. The molecule has 2 rings (SSSR count). The van der Waals surface area contributed by atoms with Gasteiger partial charge in [-0.15, -0.1) is 0 Å². The predicted octanol–water partition coefficient (Wildman–Crippen LogP) is 3.60. The summed E-state index contributed by atoms with van der Waals surface area (Å²) in [7, 11) is 5.34. The molecule has 144 valence electrons. The van der Waals surface area contributed by atoms with Gasteiger partial charge >= 0.3 is 0 Å². The number of halogens is 2. The molecule has 0 bridgehead atoms. The lowest BCUT2D eigenvalue weighted by Crippen LogP contribution is -2.39. The van der Waals surface area contributed by atoms with Crippen molar-refractivity contribution >= 4 is 35.1 Å². The molecular formula is C20H24Cl2N4O. The van der Waals surface area contributed by atoms with Crippen LogP contribution in [0.2, 0.25) is 10.0 Å². The van der Waals surface area contributed by atoms with Crippen molar-refractivity contribution in [1.82, 2.24) is 15.5 Å². The molecule has 0 aliphatic rings. The second-order valence-corrected chi connectivity index (χ2v) is 6.92. The smallest absolute Gasteiger partial charge is 0.251 e. The molecule has 0 aliphatic heterocycles. The van der Waals surface area contributed by atoms with Crippen molar-refractivity contribution in [2.45, 2.75) is 13.0 Å². The van der Waals surface area contributed by atoms with Crippen LogP contribution >= 0.6 is 23.2 Å². The van der Waals surface area contributed by atoms with Gasteiger partial charge in [0.2, 0.25) is 0 Å². The quantitative estimate of drug-likeness (QED) is 0.568. The molecule has 0 saturated heterocycles. The molecular weight excluding hydrogens is 383 g/mol. The molecule has 7 heteroatoms. The third-order valence-corrected chi connectivity index (χ3v) is 4.83. The van der Waals surface area contributed by atoms with Crippen LogP contribution in [0.3, 0.4) is 0 Å². The Balaban J connectivity index is 1.91. The lowest BCUT2D eigenvalue weighted by molar-refractivity contribution is 0.0963. The van der Waals surface area contributed by atoms with Gasteiger partial charge in [-0.2, -0.15) is 0 Å². The average Bonchev–Trinajstić information content (AvgIpc) is 2.67. The first kappa shape index (κ1) is 21.1. The van der Waals surface area contributed by atoms with Crippen LogP contribution in [-0.4, -0.2) is 44.5 Å². The van der Waals surface area contributed by atoms with E-state index in [9.17, 15) is 4.79 Å². The van der Waals surface area contributed by atoms with Crippen LogP contribution in [0.25, 0.3) is 0 Å². The van der Waals surface area contributed by atoms with Crippen molar-refractivity contribution in [2.24, 2.45) is 4.99 Å². The molecule has 0 fully saturated rings. The highest BCUT2D eigenvalue weighted by Crippen LogP contribution is 2.23. The Bertz CT molecular complexity index is 823. The van der Waals surface area contributed by atoms with E-state index in [0.717, 1.165) is 23.5 Å². The van der Waals surface area contributed by atoms with E-state index in [4.69, 9.17) is 23.2 Å². The summed E-state index contributed by atoms with van der Waals surface area (Å²) in [6.45, 7) is 1.36. The normalized spacial score (nSPS) is 11.2. The highest BCUT2D eigenvalue weighted by atomic mass is 35.5. The SMILES string of the molecule is CN=C(NCCc1cccc(C(=O)NC)c1)N(C)Cc1ccc(Cl)c(Cl)c1. The van der Waals surface area contributed by atoms with Crippen LogP contribution in [0.4, 0.5) is 0 Å².